The van der Waals surface area contributed by atoms with Gasteiger partial charge in [-0.25, -0.2) is 0 Å². The van der Waals surface area contributed by atoms with Crippen molar-refractivity contribution in [1.29, 1.82) is 0 Å². The minimum Gasteiger partial charge on any atom is -0.481 e. The van der Waals surface area contributed by atoms with Crippen molar-refractivity contribution in [2.24, 2.45) is 27.9 Å². The summed E-state index contributed by atoms with van der Waals surface area (Å²) in [5, 5.41) is 10.8. The van der Waals surface area contributed by atoms with Gasteiger partial charge in [0.25, 0.3) is 0 Å². The molecule has 0 bridgehead atoms. The summed E-state index contributed by atoms with van der Waals surface area (Å²) in [7, 11) is 0. The first-order valence-electron chi connectivity index (χ1n) is 5.86. The van der Waals surface area contributed by atoms with Crippen LogP contribution in [0.15, 0.2) is 4.99 Å². The number of carboxylic acid groups (broad SMARTS) is 1. The monoisotopic (exact) mass is 288 g/mol. The third-order valence-electron chi connectivity index (χ3n) is 2.34. The Bertz CT molecular complexity index is 393. The highest BCUT2D eigenvalue weighted by Crippen LogP contribution is 1.99. The molecule has 0 aliphatic carbocycles. The maximum absolute atomic E-state index is 11.6. The molecule has 10 heteroatoms. The molecule has 0 spiro atoms. The summed E-state index contributed by atoms with van der Waals surface area (Å²) < 4.78 is 0. The average molecular weight is 288 g/mol. The van der Waals surface area contributed by atoms with Crippen LogP contribution in [-0.4, -0.2) is 47.5 Å². The molecule has 0 heterocycles. The van der Waals surface area contributed by atoms with Crippen LogP contribution in [0.1, 0.15) is 19.3 Å². The average Bonchev–Trinajstić information content (AvgIpc) is 2.31. The minimum absolute atomic E-state index is 0.0758. The van der Waals surface area contributed by atoms with Crippen LogP contribution in [0, 0.1) is 0 Å². The molecule has 114 valence electrons. The molecule has 2 unspecified atom stereocenters. The van der Waals surface area contributed by atoms with Crippen molar-refractivity contribution in [3.05, 3.63) is 0 Å². The lowest BCUT2D eigenvalue weighted by Gasteiger charge is -2.17. The van der Waals surface area contributed by atoms with Gasteiger partial charge in [-0.1, -0.05) is 0 Å². The summed E-state index contributed by atoms with van der Waals surface area (Å²) in [5.41, 5.74) is 20.8. The quantitative estimate of drug-likeness (QED) is 0.146. The highest BCUT2D eigenvalue weighted by atomic mass is 16.4. The number of primary amides is 1. The Morgan fingerprint density at radius 3 is 2.25 bits per heavy atom. The first-order chi connectivity index (χ1) is 9.23. The zero-order chi connectivity index (χ0) is 15.7. The fraction of sp³-hybridized carbons (Fsp3) is 0.600. The van der Waals surface area contributed by atoms with E-state index in [1.807, 2.05) is 0 Å². The Labute approximate surface area is 115 Å². The van der Waals surface area contributed by atoms with Gasteiger partial charge in [-0.2, -0.15) is 0 Å². The maximum Gasteiger partial charge on any atom is 0.305 e. The molecule has 0 saturated carbocycles. The lowest BCUT2D eigenvalue weighted by atomic mass is 10.1. The highest BCUT2D eigenvalue weighted by molar-refractivity contribution is 5.90. The van der Waals surface area contributed by atoms with Crippen LogP contribution >= 0.6 is 0 Å². The second kappa shape index (κ2) is 8.69. The molecular formula is C10H20N6O4. The zero-order valence-corrected chi connectivity index (χ0v) is 10.9. The number of nitrogens with zero attached hydrogens (tertiary/aromatic N) is 1. The van der Waals surface area contributed by atoms with Crippen LogP contribution in [0.3, 0.4) is 0 Å². The molecule has 10 N–H and O–H groups in total. The summed E-state index contributed by atoms with van der Waals surface area (Å²) in [4.78, 5) is 36.9. The van der Waals surface area contributed by atoms with E-state index in [0.29, 0.717) is 6.42 Å². The second-order valence-electron chi connectivity index (χ2n) is 4.12. The third kappa shape index (κ3) is 7.87. The van der Waals surface area contributed by atoms with Gasteiger partial charge in [0.1, 0.15) is 6.04 Å². The van der Waals surface area contributed by atoms with E-state index in [4.69, 9.17) is 28.0 Å². The molecule has 0 aromatic carbocycles. The zero-order valence-electron chi connectivity index (χ0n) is 10.9. The maximum atomic E-state index is 11.6. The van der Waals surface area contributed by atoms with E-state index in [1.165, 1.54) is 0 Å². The molecule has 0 saturated heterocycles. The van der Waals surface area contributed by atoms with Gasteiger partial charge in [0, 0.05) is 6.54 Å². The number of carbonyl (C=O) groups is 3. The lowest BCUT2D eigenvalue weighted by Crippen LogP contribution is -2.50. The van der Waals surface area contributed by atoms with Crippen molar-refractivity contribution < 1.29 is 19.5 Å². The number of aliphatic carboxylic acids is 1. The van der Waals surface area contributed by atoms with Crippen LogP contribution in [0.2, 0.25) is 0 Å². The van der Waals surface area contributed by atoms with Crippen molar-refractivity contribution in [2.75, 3.05) is 6.54 Å². The summed E-state index contributed by atoms with van der Waals surface area (Å²) in [6.45, 7) is 0.281. The number of amides is 2. The normalized spacial score (nSPS) is 13.1. The molecule has 0 aliphatic heterocycles. The number of carbonyl (C=O) groups excluding carboxylic acids is 2. The van der Waals surface area contributed by atoms with Gasteiger partial charge in [-0.05, 0) is 12.8 Å². The first kappa shape index (κ1) is 17.6. The van der Waals surface area contributed by atoms with Crippen LogP contribution in [0.4, 0.5) is 0 Å². The standard InChI is InChI=1S/C10H20N6O4/c11-5(4-7(17)18)9(20)16-6(8(12)19)2-1-3-15-10(13)14/h5-6H,1-4,11H2,(H2,12,19)(H,16,20)(H,17,18)(H4,13,14,15). The predicted octanol–water partition coefficient (Wildman–Crippen LogP) is -3.19. The molecule has 0 rings (SSSR count). The van der Waals surface area contributed by atoms with Crippen LogP contribution in [-0.2, 0) is 14.4 Å². The van der Waals surface area contributed by atoms with Crippen molar-refractivity contribution >= 4 is 23.7 Å². The fourth-order valence-corrected chi connectivity index (χ4v) is 1.35. The fourth-order valence-electron chi connectivity index (χ4n) is 1.35. The van der Waals surface area contributed by atoms with Crippen molar-refractivity contribution in [2.45, 2.75) is 31.3 Å². The Morgan fingerprint density at radius 1 is 1.20 bits per heavy atom. The molecule has 10 nitrogen and oxygen atoms in total. The number of hydrogen-bond donors (Lipinski definition) is 6. The van der Waals surface area contributed by atoms with Gasteiger partial charge in [0.15, 0.2) is 5.96 Å². The first-order valence-corrected chi connectivity index (χ1v) is 5.86. The summed E-state index contributed by atoms with van der Waals surface area (Å²) in [6, 6.07) is -2.19. The van der Waals surface area contributed by atoms with Gasteiger partial charge < -0.3 is 33.4 Å². The Kier molecular flexibility index (Phi) is 7.67. The summed E-state index contributed by atoms with van der Waals surface area (Å²) >= 11 is 0. The van der Waals surface area contributed by atoms with E-state index in [9.17, 15) is 14.4 Å². The number of nitrogens with one attached hydrogen (secondary N) is 1. The molecule has 20 heavy (non-hydrogen) atoms. The van der Waals surface area contributed by atoms with Crippen LogP contribution < -0.4 is 28.3 Å². The van der Waals surface area contributed by atoms with E-state index in [2.05, 4.69) is 10.3 Å². The van der Waals surface area contributed by atoms with Crippen molar-refractivity contribution in [3.63, 3.8) is 0 Å². The molecule has 2 amide bonds. The van der Waals surface area contributed by atoms with Gasteiger partial charge in [-0.3, -0.25) is 19.4 Å². The van der Waals surface area contributed by atoms with Gasteiger partial charge in [-0.15, -0.1) is 0 Å². The van der Waals surface area contributed by atoms with E-state index in [0.717, 1.165) is 0 Å². The molecule has 0 radical (unpaired) electrons. The Morgan fingerprint density at radius 2 is 1.80 bits per heavy atom. The highest BCUT2D eigenvalue weighted by Gasteiger charge is 2.23. The number of carboxylic acids is 1. The number of aliphatic imine (C=N–C) groups is 1. The topological polar surface area (TPSA) is 200 Å². The number of guanidine groups is 1. The van der Waals surface area contributed by atoms with Crippen molar-refractivity contribution in [1.82, 2.24) is 5.32 Å². The Balaban J connectivity index is 4.33. The molecular weight excluding hydrogens is 268 g/mol. The third-order valence-corrected chi connectivity index (χ3v) is 2.34. The van der Waals surface area contributed by atoms with Gasteiger partial charge in [0.2, 0.25) is 11.8 Å². The molecule has 0 aliphatic rings. The summed E-state index contributed by atoms with van der Waals surface area (Å²) in [5.74, 6) is -2.78. The molecule has 0 aromatic rings. The van der Waals surface area contributed by atoms with E-state index >= 15 is 0 Å². The van der Waals surface area contributed by atoms with Crippen LogP contribution in [0.25, 0.3) is 0 Å². The number of hydrogen-bond acceptors (Lipinski definition) is 5. The number of rotatable bonds is 9. The van der Waals surface area contributed by atoms with Gasteiger partial charge in [0.05, 0.1) is 12.5 Å². The largest absolute Gasteiger partial charge is 0.481 e. The van der Waals surface area contributed by atoms with E-state index < -0.39 is 36.3 Å². The summed E-state index contributed by atoms with van der Waals surface area (Å²) in [6.07, 6.45) is 0.100. The predicted molar refractivity (Wildman–Crippen MR) is 71.3 cm³/mol. The molecule has 0 fully saturated rings. The molecule has 2 atom stereocenters. The Hall–Kier alpha value is -2.36. The van der Waals surface area contributed by atoms with Gasteiger partial charge >= 0.3 is 5.97 Å². The second-order valence-corrected chi connectivity index (χ2v) is 4.12. The van der Waals surface area contributed by atoms with E-state index in [-0.39, 0.29) is 18.9 Å². The van der Waals surface area contributed by atoms with Crippen LogP contribution in [0.5, 0.6) is 0 Å². The SMILES string of the molecule is NC(=O)C(CCCN=C(N)N)NC(=O)C(N)CC(=O)O. The van der Waals surface area contributed by atoms with E-state index in [1.54, 1.807) is 0 Å². The minimum atomic E-state index is -1.24. The lowest BCUT2D eigenvalue weighted by molar-refractivity contribution is -0.139. The smallest absolute Gasteiger partial charge is 0.305 e. The molecule has 0 aromatic heterocycles. The van der Waals surface area contributed by atoms with Crippen molar-refractivity contribution in [3.8, 4) is 0 Å². The number of nitrogens with two attached hydrogens (primary N) is 4.